The van der Waals surface area contributed by atoms with Crippen LogP contribution >= 0.6 is 0 Å². The SMILES string of the molecule is c1cnc(N2CCN(CC3CCNCC3)CC2)cn1. The molecular formula is C14H23N5. The number of anilines is 1. The van der Waals surface area contributed by atoms with Crippen LogP contribution in [0.2, 0.25) is 0 Å². The van der Waals surface area contributed by atoms with E-state index in [-0.39, 0.29) is 0 Å². The topological polar surface area (TPSA) is 44.3 Å². The summed E-state index contributed by atoms with van der Waals surface area (Å²) in [6.07, 6.45) is 8.05. The Kier molecular flexibility index (Phi) is 4.25. The zero-order chi connectivity index (χ0) is 12.9. The van der Waals surface area contributed by atoms with Crippen molar-refractivity contribution in [1.29, 1.82) is 0 Å². The van der Waals surface area contributed by atoms with E-state index in [2.05, 4.69) is 25.1 Å². The van der Waals surface area contributed by atoms with E-state index in [0.29, 0.717) is 0 Å². The minimum Gasteiger partial charge on any atom is -0.353 e. The number of nitrogens with one attached hydrogen (secondary N) is 1. The molecule has 5 heteroatoms. The van der Waals surface area contributed by atoms with E-state index in [1.54, 1.807) is 12.4 Å². The van der Waals surface area contributed by atoms with Crippen molar-refractivity contribution in [1.82, 2.24) is 20.2 Å². The smallest absolute Gasteiger partial charge is 0.147 e. The summed E-state index contributed by atoms with van der Waals surface area (Å²) in [4.78, 5) is 13.5. The van der Waals surface area contributed by atoms with Gasteiger partial charge in [-0.15, -0.1) is 0 Å². The lowest BCUT2D eigenvalue weighted by Gasteiger charge is -2.37. The molecule has 0 amide bonds. The average molecular weight is 261 g/mol. The summed E-state index contributed by atoms with van der Waals surface area (Å²) in [5, 5.41) is 3.44. The van der Waals surface area contributed by atoms with Crippen molar-refractivity contribution in [2.24, 2.45) is 5.92 Å². The van der Waals surface area contributed by atoms with Gasteiger partial charge in [-0.05, 0) is 31.8 Å². The molecular weight excluding hydrogens is 238 g/mol. The first-order valence-electron chi connectivity index (χ1n) is 7.36. The van der Waals surface area contributed by atoms with Crippen molar-refractivity contribution in [3.8, 4) is 0 Å². The lowest BCUT2D eigenvalue weighted by Crippen LogP contribution is -2.48. The molecule has 104 valence electrons. The Hall–Kier alpha value is -1.20. The standard InChI is InChI=1S/C14H23N5/c1-3-15-4-2-13(1)12-18-7-9-19(10-8-18)14-11-16-5-6-17-14/h5-6,11,13,15H,1-4,7-10,12H2. The molecule has 0 spiro atoms. The van der Waals surface area contributed by atoms with E-state index >= 15 is 0 Å². The maximum atomic E-state index is 4.38. The second-order valence-corrected chi connectivity index (χ2v) is 5.54. The molecule has 2 aliphatic rings. The summed E-state index contributed by atoms with van der Waals surface area (Å²) < 4.78 is 0. The fraction of sp³-hybridized carbons (Fsp3) is 0.714. The lowest BCUT2D eigenvalue weighted by molar-refractivity contribution is 0.196. The molecule has 1 aromatic rings. The third kappa shape index (κ3) is 3.42. The Labute approximate surface area is 115 Å². The minimum absolute atomic E-state index is 0.893. The number of aromatic nitrogens is 2. The van der Waals surface area contributed by atoms with Gasteiger partial charge in [0.2, 0.25) is 0 Å². The Bertz CT molecular complexity index is 369. The third-order valence-electron chi connectivity index (χ3n) is 4.22. The molecule has 0 aliphatic carbocycles. The van der Waals surface area contributed by atoms with Crippen molar-refractivity contribution in [2.75, 3.05) is 50.7 Å². The summed E-state index contributed by atoms with van der Waals surface area (Å²) in [5.74, 6) is 1.91. The van der Waals surface area contributed by atoms with Gasteiger partial charge in [-0.2, -0.15) is 0 Å². The summed E-state index contributed by atoms with van der Waals surface area (Å²) in [5.41, 5.74) is 0. The Balaban J connectivity index is 1.46. The van der Waals surface area contributed by atoms with E-state index < -0.39 is 0 Å². The molecule has 0 radical (unpaired) electrons. The highest BCUT2D eigenvalue weighted by Gasteiger charge is 2.21. The minimum atomic E-state index is 0.893. The van der Waals surface area contributed by atoms with Crippen molar-refractivity contribution in [3.05, 3.63) is 18.6 Å². The molecule has 1 aromatic heterocycles. The molecule has 5 nitrogen and oxygen atoms in total. The van der Waals surface area contributed by atoms with Crippen LogP contribution in [0.25, 0.3) is 0 Å². The van der Waals surface area contributed by atoms with E-state index in [1.807, 2.05) is 6.20 Å². The highest BCUT2D eigenvalue weighted by Crippen LogP contribution is 2.16. The molecule has 2 saturated heterocycles. The molecule has 2 aliphatic heterocycles. The fourth-order valence-electron chi connectivity index (χ4n) is 3.04. The average Bonchev–Trinajstić information content (AvgIpc) is 2.50. The Morgan fingerprint density at radius 3 is 2.58 bits per heavy atom. The number of nitrogens with zero attached hydrogens (tertiary/aromatic N) is 4. The van der Waals surface area contributed by atoms with Crippen LogP contribution in [0.4, 0.5) is 5.82 Å². The maximum absolute atomic E-state index is 4.38. The molecule has 19 heavy (non-hydrogen) atoms. The van der Waals surface area contributed by atoms with Crippen LogP contribution in [0.1, 0.15) is 12.8 Å². The van der Waals surface area contributed by atoms with Crippen LogP contribution < -0.4 is 10.2 Å². The van der Waals surface area contributed by atoms with Gasteiger partial charge < -0.3 is 10.2 Å². The van der Waals surface area contributed by atoms with Gasteiger partial charge in [-0.1, -0.05) is 0 Å². The molecule has 0 aromatic carbocycles. The monoisotopic (exact) mass is 261 g/mol. The number of hydrogen-bond acceptors (Lipinski definition) is 5. The predicted molar refractivity (Wildman–Crippen MR) is 76.3 cm³/mol. The first kappa shape index (κ1) is 12.8. The molecule has 0 atom stereocenters. The molecule has 1 N–H and O–H groups in total. The summed E-state index contributed by atoms with van der Waals surface area (Å²) >= 11 is 0. The maximum Gasteiger partial charge on any atom is 0.147 e. The van der Waals surface area contributed by atoms with E-state index in [9.17, 15) is 0 Å². The van der Waals surface area contributed by atoms with Gasteiger partial charge in [0.05, 0.1) is 6.20 Å². The van der Waals surface area contributed by atoms with Gasteiger partial charge in [0.15, 0.2) is 0 Å². The molecule has 0 bridgehead atoms. The number of hydrogen-bond donors (Lipinski definition) is 1. The number of rotatable bonds is 3. The highest BCUT2D eigenvalue weighted by atomic mass is 15.3. The summed E-state index contributed by atoms with van der Waals surface area (Å²) in [7, 11) is 0. The second-order valence-electron chi connectivity index (χ2n) is 5.54. The number of piperazine rings is 1. The van der Waals surface area contributed by atoms with Crippen LogP contribution in [0.15, 0.2) is 18.6 Å². The lowest BCUT2D eigenvalue weighted by atomic mass is 9.97. The van der Waals surface area contributed by atoms with Crippen LogP contribution in [0.5, 0.6) is 0 Å². The van der Waals surface area contributed by atoms with E-state index in [0.717, 1.165) is 37.9 Å². The van der Waals surface area contributed by atoms with Gasteiger partial charge in [0.25, 0.3) is 0 Å². The van der Waals surface area contributed by atoms with Crippen LogP contribution in [-0.4, -0.2) is 60.7 Å². The van der Waals surface area contributed by atoms with Crippen LogP contribution in [0.3, 0.4) is 0 Å². The Morgan fingerprint density at radius 2 is 1.89 bits per heavy atom. The quantitative estimate of drug-likeness (QED) is 0.863. The van der Waals surface area contributed by atoms with Crippen LogP contribution in [0, 0.1) is 5.92 Å². The number of piperidine rings is 1. The van der Waals surface area contributed by atoms with Gasteiger partial charge in [-0.3, -0.25) is 9.88 Å². The normalized spacial score (nSPS) is 22.6. The van der Waals surface area contributed by atoms with E-state index in [1.165, 1.54) is 32.5 Å². The molecule has 2 fully saturated rings. The molecule has 3 heterocycles. The predicted octanol–water partition coefficient (Wildman–Crippen LogP) is 0.598. The zero-order valence-corrected chi connectivity index (χ0v) is 11.5. The summed E-state index contributed by atoms with van der Waals surface area (Å²) in [6, 6.07) is 0. The van der Waals surface area contributed by atoms with Gasteiger partial charge in [0.1, 0.15) is 5.82 Å². The first-order valence-corrected chi connectivity index (χ1v) is 7.36. The van der Waals surface area contributed by atoms with Crippen molar-refractivity contribution in [2.45, 2.75) is 12.8 Å². The Morgan fingerprint density at radius 1 is 1.11 bits per heavy atom. The van der Waals surface area contributed by atoms with Gasteiger partial charge in [0, 0.05) is 45.1 Å². The second kappa shape index (κ2) is 6.30. The largest absolute Gasteiger partial charge is 0.353 e. The van der Waals surface area contributed by atoms with Crippen molar-refractivity contribution >= 4 is 5.82 Å². The molecule has 0 unspecified atom stereocenters. The molecule has 3 rings (SSSR count). The highest BCUT2D eigenvalue weighted by molar-refractivity contribution is 5.35. The molecule has 0 saturated carbocycles. The zero-order valence-electron chi connectivity index (χ0n) is 11.5. The third-order valence-corrected chi connectivity index (χ3v) is 4.22. The van der Waals surface area contributed by atoms with Crippen molar-refractivity contribution < 1.29 is 0 Å². The first-order chi connectivity index (χ1) is 9.42. The van der Waals surface area contributed by atoms with Crippen molar-refractivity contribution in [3.63, 3.8) is 0 Å². The van der Waals surface area contributed by atoms with Crippen LogP contribution in [-0.2, 0) is 0 Å². The van der Waals surface area contributed by atoms with E-state index in [4.69, 9.17) is 0 Å². The summed E-state index contributed by atoms with van der Waals surface area (Å²) in [6.45, 7) is 8.12. The van der Waals surface area contributed by atoms with Gasteiger partial charge >= 0.3 is 0 Å². The fourth-order valence-corrected chi connectivity index (χ4v) is 3.04. The van der Waals surface area contributed by atoms with Gasteiger partial charge in [-0.25, -0.2) is 4.98 Å².